The maximum Gasteiger partial charge on any atom is 0.316 e. The Bertz CT molecular complexity index is 923. The molecule has 152 valence electrons. The molecule has 0 radical (unpaired) electrons. The number of benzene rings is 2. The van der Waals surface area contributed by atoms with E-state index in [4.69, 9.17) is 10.5 Å². The number of rotatable bonds is 6. The number of methoxy groups -OCH3 is 1. The first-order valence-electron chi connectivity index (χ1n) is 9.37. The van der Waals surface area contributed by atoms with Gasteiger partial charge in [-0.3, -0.25) is 0 Å². The predicted octanol–water partition coefficient (Wildman–Crippen LogP) is 4.05. The molecule has 0 aromatic heterocycles. The monoisotopic (exact) mass is 396 g/mol. The van der Waals surface area contributed by atoms with Gasteiger partial charge in [-0.05, 0) is 42.7 Å². The Kier molecular flexibility index (Phi) is 6.03. The smallest absolute Gasteiger partial charge is 0.316 e. The Balaban J connectivity index is 1.97. The van der Waals surface area contributed by atoms with Gasteiger partial charge in [-0.15, -0.1) is 0 Å². The van der Waals surface area contributed by atoms with Crippen LogP contribution in [0.15, 0.2) is 72.5 Å². The van der Waals surface area contributed by atoms with Gasteiger partial charge >= 0.3 is 6.03 Å². The molecule has 6 heteroatoms. The van der Waals surface area contributed by atoms with E-state index in [9.17, 15) is 9.90 Å². The fourth-order valence-electron chi connectivity index (χ4n) is 3.73. The highest BCUT2D eigenvalue weighted by Gasteiger charge is 2.47. The number of halogens is 1. The molecule has 4 N–H and O–H groups in total. The molecule has 2 aromatic rings. The van der Waals surface area contributed by atoms with Crippen LogP contribution in [-0.4, -0.2) is 30.5 Å². The molecule has 0 saturated carbocycles. The molecular formula is C23H25FN2O3. The van der Waals surface area contributed by atoms with E-state index in [1.807, 2.05) is 30.3 Å². The SMILES string of the molecule is COC1=C(c2ccccc2)C(F)C(Cc2ccc(NC(N)=O)cc2)(C(C)O)C=C1. The van der Waals surface area contributed by atoms with Crippen LogP contribution in [0, 0.1) is 5.41 Å². The van der Waals surface area contributed by atoms with E-state index < -0.39 is 23.7 Å². The van der Waals surface area contributed by atoms with Crippen LogP contribution in [0.1, 0.15) is 18.1 Å². The summed E-state index contributed by atoms with van der Waals surface area (Å²) in [5.41, 5.74) is 6.47. The highest BCUT2D eigenvalue weighted by atomic mass is 19.1. The molecule has 0 aliphatic heterocycles. The quantitative estimate of drug-likeness (QED) is 0.689. The van der Waals surface area contributed by atoms with E-state index in [2.05, 4.69) is 5.32 Å². The lowest BCUT2D eigenvalue weighted by Gasteiger charge is -2.40. The topological polar surface area (TPSA) is 84.6 Å². The molecule has 1 aliphatic rings. The fraction of sp³-hybridized carbons (Fsp3) is 0.261. The largest absolute Gasteiger partial charge is 0.496 e. The third kappa shape index (κ3) is 4.17. The van der Waals surface area contributed by atoms with Crippen molar-refractivity contribution in [2.75, 3.05) is 12.4 Å². The van der Waals surface area contributed by atoms with E-state index in [1.54, 1.807) is 43.3 Å². The third-order valence-electron chi connectivity index (χ3n) is 5.35. The lowest BCUT2D eigenvalue weighted by atomic mass is 9.67. The molecule has 3 atom stereocenters. The maximum absolute atomic E-state index is 16.1. The Labute approximate surface area is 169 Å². The number of hydrogen-bond acceptors (Lipinski definition) is 3. The number of aliphatic hydroxyl groups excluding tert-OH is 1. The Morgan fingerprint density at radius 2 is 1.90 bits per heavy atom. The average molecular weight is 396 g/mol. The summed E-state index contributed by atoms with van der Waals surface area (Å²) in [6.45, 7) is 1.60. The standard InChI is InChI=1S/C23H25FN2O3/c1-15(27)23(14-16-8-10-18(11-9-16)26-22(25)28)13-12-19(29-2)20(21(23)24)17-6-4-3-5-7-17/h3-13,15,21,27H,14H2,1-2H3,(H3,25,26,28). The molecule has 0 fully saturated rings. The van der Waals surface area contributed by atoms with E-state index >= 15 is 4.39 Å². The zero-order valence-corrected chi connectivity index (χ0v) is 16.4. The maximum atomic E-state index is 16.1. The van der Waals surface area contributed by atoms with Gasteiger partial charge in [0.2, 0.25) is 0 Å². The molecule has 2 amide bonds. The summed E-state index contributed by atoms with van der Waals surface area (Å²) in [5.74, 6) is 0.445. The summed E-state index contributed by atoms with van der Waals surface area (Å²) < 4.78 is 21.5. The van der Waals surface area contributed by atoms with Gasteiger partial charge in [0.25, 0.3) is 0 Å². The number of carbonyl (C=O) groups excluding carboxylic acids is 1. The molecule has 0 bridgehead atoms. The van der Waals surface area contributed by atoms with E-state index in [0.717, 1.165) is 5.56 Å². The number of aliphatic hydroxyl groups is 1. The Morgan fingerprint density at radius 1 is 1.24 bits per heavy atom. The van der Waals surface area contributed by atoms with Crippen molar-refractivity contribution in [2.24, 2.45) is 11.1 Å². The van der Waals surface area contributed by atoms with Gasteiger partial charge in [-0.1, -0.05) is 48.5 Å². The molecule has 2 aromatic carbocycles. The summed E-state index contributed by atoms with van der Waals surface area (Å²) in [5, 5.41) is 13.1. The Hall–Kier alpha value is -3.12. The minimum Gasteiger partial charge on any atom is -0.496 e. The second-order valence-electron chi connectivity index (χ2n) is 7.20. The first-order chi connectivity index (χ1) is 13.9. The lowest BCUT2D eigenvalue weighted by Crippen LogP contribution is -2.44. The van der Waals surface area contributed by atoms with Crippen LogP contribution in [0.4, 0.5) is 14.9 Å². The van der Waals surface area contributed by atoms with Crippen LogP contribution >= 0.6 is 0 Å². The summed E-state index contributed by atoms with van der Waals surface area (Å²) in [4.78, 5) is 11.0. The van der Waals surface area contributed by atoms with Crippen molar-refractivity contribution in [1.29, 1.82) is 0 Å². The summed E-state index contributed by atoms with van der Waals surface area (Å²) in [6, 6.07) is 15.5. The number of allylic oxidation sites excluding steroid dienone is 2. The molecule has 1 aliphatic carbocycles. The predicted molar refractivity (Wildman–Crippen MR) is 112 cm³/mol. The van der Waals surface area contributed by atoms with Gasteiger partial charge in [-0.2, -0.15) is 0 Å². The second-order valence-corrected chi connectivity index (χ2v) is 7.20. The van der Waals surface area contributed by atoms with Crippen LogP contribution in [-0.2, 0) is 11.2 Å². The van der Waals surface area contributed by atoms with Crippen molar-refractivity contribution in [3.63, 3.8) is 0 Å². The van der Waals surface area contributed by atoms with Gasteiger partial charge in [0, 0.05) is 11.3 Å². The van der Waals surface area contributed by atoms with Crippen LogP contribution < -0.4 is 11.1 Å². The van der Waals surface area contributed by atoms with Crippen LogP contribution in [0.3, 0.4) is 0 Å². The molecule has 0 saturated heterocycles. The first kappa shape index (κ1) is 20.6. The Morgan fingerprint density at radius 3 is 2.45 bits per heavy atom. The molecule has 0 spiro atoms. The van der Waals surface area contributed by atoms with E-state index in [1.165, 1.54) is 7.11 Å². The number of nitrogens with two attached hydrogens (primary N) is 1. The molecular weight excluding hydrogens is 371 g/mol. The molecule has 29 heavy (non-hydrogen) atoms. The van der Waals surface area contributed by atoms with E-state index in [0.29, 0.717) is 22.6 Å². The van der Waals surface area contributed by atoms with Gasteiger partial charge in [0.1, 0.15) is 11.9 Å². The van der Waals surface area contributed by atoms with Crippen LogP contribution in [0.2, 0.25) is 0 Å². The summed E-state index contributed by atoms with van der Waals surface area (Å²) in [6.07, 6.45) is 1.27. The molecule has 0 heterocycles. The molecule has 3 rings (SSSR count). The number of nitrogens with one attached hydrogen (secondary N) is 1. The van der Waals surface area contributed by atoms with Crippen molar-refractivity contribution in [2.45, 2.75) is 25.6 Å². The number of ether oxygens (including phenoxy) is 1. The number of carbonyl (C=O) groups is 1. The number of urea groups is 1. The minimum atomic E-state index is -1.48. The zero-order chi connectivity index (χ0) is 21.0. The number of hydrogen-bond donors (Lipinski definition) is 3. The molecule has 5 nitrogen and oxygen atoms in total. The normalized spacial score (nSPS) is 22.3. The third-order valence-corrected chi connectivity index (χ3v) is 5.35. The van der Waals surface area contributed by atoms with Crippen molar-refractivity contribution >= 4 is 17.3 Å². The highest BCUT2D eigenvalue weighted by molar-refractivity contribution is 5.87. The van der Waals surface area contributed by atoms with E-state index in [-0.39, 0.29) is 6.42 Å². The highest BCUT2D eigenvalue weighted by Crippen LogP contribution is 2.46. The lowest BCUT2D eigenvalue weighted by molar-refractivity contribution is 0.0295. The van der Waals surface area contributed by atoms with Crippen molar-refractivity contribution in [1.82, 2.24) is 0 Å². The van der Waals surface area contributed by atoms with Crippen LogP contribution in [0.5, 0.6) is 0 Å². The van der Waals surface area contributed by atoms with Gasteiger partial charge in [0.05, 0.1) is 18.6 Å². The number of anilines is 1. The zero-order valence-electron chi connectivity index (χ0n) is 16.4. The first-order valence-corrected chi connectivity index (χ1v) is 9.37. The average Bonchev–Trinajstić information content (AvgIpc) is 2.70. The van der Waals surface area contributed by atoms with Crippen molar-refractivity contribution in [3.05, 3.63) is 83.6 Å². The van der Waals surface area contributed by atoms with Crippen LogP contribution in [0.25, 0.3) is 5.57 Å². The van der Waals surface area contributed by atoms with Gasteiger partial charge in [-0.25, -0.2) is 9.18 Å². The number of alkyl halides is 1. The van der Waals surface area contributed by atoms with Crippen molar-refractivity contribution < 1.29 is 19.0 Å². The summed E-state index contributed by atoms with van der Waals surface area (Å²) in [7, 11) is 1.51. The summed E-state index contributed by atoms with van der Waals surface area (Å²) >= 11 is 0. The fourth-order valence-corrected chi connectivity index (χ4v) is 3.73. The molecule has 3 unspecified atom stereocenters. The van der Waals surface area contributed by atoms with Crippen molar-refractivity contribution in [3.8, 4) is 0 Å². The number of primary amides is 1. The van der Waals surface area contributed by atoms with Gasteiger partial charge < -0.3 is 20.9 Å². The second kappa shape index (κ2) is 8.49. The van der Waals surface area contributed by atoms with Gasteiger partial charge in [0.15, 0.2) is 0 Å². The number of amides is 2. The minimum absolute atomic E-state index is 0.270.